The van der Waals surface area contributed by atoms with Crippen LogP contribution < -0.4 is 0 Å². The van der Waals surface area contributed by atoms with Crippen LogP contribution in [0.25, 0.3) is 0 Å². The molecule has 0 fully saturated rings. The summed E-state index contributed by atoms with van der Waals surface area (Å²) in [6.07, 6.45) is -0.00531. The van der Waals surface area contributed by atoms with E-state index in [-0.39, 0.29) is 13.0 Å². The molecule has 0 aromatic heterocycles. The number of carboxylic acid groups (broad SMARTS) is 1. The third-order valence-corrected chi connectivity index (χ3v) is 1.59. The Morgan fingerprint density at radius 3 is 2.86 bits per heavy atom. The van der Waals surface area contributed by atoms with Gasteiger partial charge in [0.1, 0.15) is 6.61 Å². The summed E-state index contributed by atoms with van der Waals surface area (Å²) in [6.45, 7) is -0.191. The fraction of sp³-hybridized carbons (Fsp3) is 0.182. The van der Waals surface area contributed by atoms with Crippen LogP contribution in [0, 0.1) is 11.8 Å². The van der Waals surface area contributed by atoms with Crippen LogP contribution in [0.5, 0.6) is 0 Å². The van der Waals surface area contributed by atoms with Crippen molar-refractivity contribution in [2.24, 2.45) is 0 Å². The van der Waals surface area contributed by atoms with Gasteiger partial charge in [-0.25, -0.2) is 0 Å². The van der Waals surface area contributed by atoms with Gasteiger partial charge >= 0.3 is 5.97 Å². The lowest BCUT2D eigenvalue weighted by atomic mass is 10.1. The van der Waals surface area contributed by atoms with Crippen LogP contribution in [0.15, 0.2) is 24.3 Å². The first kappa shape index (κ1) is 10.3. The summed E-state index contributed by atoms with van der Waals surface area (Å²) in [5.74, 6) is 4.35. The second-order valence-electron chi connectivity index (χ2n) is 2.73. The molecule has 1 aromatic carbocycles. The van der Waals surface area contributed by atoms with Crippen LogP contribution in [0.4, 0.5) is 0 Å². The molecule has 1 rings (SSSR count). The largest absolute Gasteiger partial charge is 0.481 e. The minimum Gasteiger partial charge on any atom is -0.481 e. The molecule has 0 atom stereocenters. The third kappa shape index (κ3) is 3.30. The van der Waals surface area contributed by atoms with Gasteiger partial charge in [-0.1, -0.05) is 24.0 Å². The molecule has 0 aliphatic heterocycles. The van der Waals surface area contributed by atoms with Crippen molar-refractivity contribution >= 4 is 5.97 Å². The molecule has 0 heterocycles. The Kier molecular flexibility index (Phi) is 3.71. The van der Waals surface area contributed by atoms with E-state index in [1.54, 1.807) is 24.3 Å². The van der Waals surface area contributed by atoms with E-state index in [2.05, 4.69) is 11.8 Å². The van der Waals surface area contributed by atoms with E-state index in [1.807, 2.05) is 0 Å². The molecule has 72 valence electrons. The average molecular weight is 190 g/mol. The molecule has 1 aromatic rings. The number of aliphatic carboxylic acids is 1. The Balaban J connectivity index is 2.84. The molecular weight excluding hydrogens is 180 g/mol. The Hall–Kier alpha value is -1.79. The van der Waals surface area contributed by atoms with Gasteiger partial charge < -0.3 is 10.2 Å². The molecule has 0 saturated heterocycles. The van der Waals surface area contributed by atoms with Crippen molar-refractivity contribution in [2.45, 2.75) is 6.42 Å². The van der Waals surface area contributed by atoms with Gasteiger partial charge in [-0.3, -0.25) is 4.79 Å². The van der Waals surface area contributed by atoms with Crippen LogP contribution >= 0.6 is 0 Å². The molecule has 14 heavy (non-hydrogen) atoms. The minimum absolute atomic E-state index is 0.00531. The highest BCUT2D eigenvalue weighted by atomic mass is 16.4. The van der Waals surface area contributed by atoms with Crippen molar-refractivity contribution in [1.82, 2.24) is 0 Å². The van der Waals surface area contributed by atoms with Crippen molar-refractivity contribution in [3.63, 3.8) is 0 Å². The van der Waals surface area contributed by atoms with Crippen molar-refractivity contribution in [3.8, 4) is 11.8 Å². The predicted molar refractivity (Wildman–Crippen MR) is 51.7 cm³/mol. The van der Waals surface area contributed by atoms with Crippen LogP contribution in [-0.4, -0.2) is 22.8 Å². The molecule has 0 saturated carbocycles. The molecule has 0 bridgehead atoms. The summed E-state index contributed by atoms with van der Waals surface area (Å²) in [7, 11) is 0. The predicted octanol–water partition coefficient (Wildman–Crippen LogP) is 0.657. The lowest BCUT2D eigenvalue weighted by Crippen LogP contribution is -1.99. The molecule has 0 spiro atoms. The third-order valence-electron chi connectivity index (χ3n) is 1.59. The van der Waals surface area contributed by atoms with E-state index in [0.717, 1.165) is 5.56 Å². The lowest BCUT2D eigenvalue weighted by Gasteiger charge is -1.96. The molecule has 0 aliphatic rings. The second-order valence-corrected chi connectivity index (χ2v) is 2.73. The average Bonchev–Trinajstić information content (AvgIpc) is 2.14. The molecule has 0 unspecified atom stereocenters. The van der Waals surface area contributed by atoms with Crippen LogP contribution in [0.1, 0.15) is 11.1 Å². The minimum atomic E-state index is -0.864. The summed E-state index contributed by atoms with van der Waals surface area (Å²) in [5, 5.41) is 17.0. The first-order chi connectivity index (χ1) is 6.72. The summed E-state index contributed by atoms with van der Waals surface area (Å²) in [6, 6.07) is 6.96. The van der Waals surface area contributed by atoms with E-state index in [1.165, 1.54) is 0 Å². The number of rotatable bonds is 2. The SMILES string of the molecule is O=C(O)Cc1cccc(C#CCO)c1. The fourth-order valence-electron chi connectivity index (χ4n) is 1.08. The van der Waals surface area contributed by atoms with E-state index in [9.17, 15) is 4.79 Å². The summed E-state index contributed by atoms with van der Waals surface area (Å²) in [4.78, 5) is 10.4. The van der Waals surface area contributed by atoms with E-state index in [0.29, 0.717) is 5.56 Å². The van der Waals surface area contributed by atoms with E-state index >= 15 is 0 Å². The van der Waals surface area contributed by atoms with Gasteiger partial charge in [0, 0.05) is 5.56 Å². The molecule has 0 amide bonds. The first-order valence-electron chi connectivity index (χ1n) is 4.13. The highest BCUT2D eigenvalue weighted by Gasteiger charge is 1.99. The van der Waals surface area contributed by atoms with Gasteiger partial charge in [0.15, 0.2) is 0 Å². The number of carbonyl (C=O) groups is 1. The van der Waals surface area contributed by atoms with Gasteiger partial charge in [0.05, 0.1) is 6.42 Å². The Labute approximate surface area is 82.0 Å². The number of hydrogen-bond donors (Lipinski definition) is 2. The standard InChI is InChI=1S/C11H10O3/c12-6-2-5-9-3-1-4-10(7-9)8-11(13)14/h1,3-4,7,12H,6,8H2,(H,13,14). The van der Waals surface area contributed by atoms with Crippen molar-refractivity contribution in [2.75, 3.05) is 6.61 Å². The van der Waals surface area contributed by atoms with Gasteiger partial charge in [0.25, 0.3) is 0 Å². The van der Waals surface area contributed by atoms with Crippen LogP contribution in [0.3, 0.4) is 0 Å². The normalized spacial score (nSPS) is 8.93. The van der Waals surface area contributed by atoms with Gasteiger partial charge in [-0.15, -0.1) is 0 Å². The summed E-state index contributed by atoms with van der Waals surface area (Å²) in [5.41, 5.74) is 1.43. The monoisotopic (exact) mass is 190 g/mol. The van der Waals surface area contributed by atoms with Gasteiger partial charge in [-0.05, 0) is 17.7 Å². The number of aliphatic hydroxyl groups excluding tert-OH is 1. The molecule has 3 heteroatoms. The molecule has 3 nitrogen and oxygen atoms in total. The zero-order valence-electron chi connectivity index (χ0n) is 7.53. The second kappa shape index (κ2) is 5.05. The smallest absolute Gasteiger partial charge is 0.307 e. The quantitative estimate of drug-likeness (QED) is 0.673. The topological polar surface area (TPSA) is 57.5 Å². The highest BCUT2D eigenvalue weighted by Crippen LogP contribution is 2.04. The Bertz CT molecular complexity index is 385. The lowest BCUT2D eigenvalue weighted by molar-refractivity contribution is -0.136. The van der Waals surface area contributed by atoms with Crippen molar-refractivity contribution in [1.29, 1.82) is 0 Å². The van der Waals surface area contributed by atoms with Gasteiger partial charge in [-0.2, -0.15) is 0 Å². The number of hydrogen-bond acceptors (Lipinski definition) is 2. The molecule has 2 N–H and O–H groups in total. The maximum atomic E-state index is 10.4. The van der Waals surface area contributed by atoms with Gasteiger partial charge in [0.2, 0.25) is 0 Å². The zero-order valence-corrected chi connectivity index (χ0v) is 7.53. The highest BCUT2D eigenvalue weighted by molar-refractivity contribution is 5.70. The number of carboxylic acids is 1. The summed E-state index contributed by atoms with van der Waals surface area (Å²) >= 11 is 0. The van der Waals surface area contributed by atoms with Crippen LogP contribution in [-0.2, 0) is 11.2 Å². The summed E-state index contributed by atoms with van der Waals surface area (Å²) < 4.78 is 0. The molecule has 0 radical (unpaired) electrons. The number of aliphatic hydroxyl groups is 1. The maximum absolute atomic E-state index is 10.4. The van der Waals surface area contributed by atoms with E-state index in [4.69, 9.17) is 10.2 Å². The first-order valence-corrected chi connectivity index (χ1v) is 4.13. The fourth-order valence-corrected chi connectivity index (χ4v) is 1.08. The van der Waals surface area contributed by atoms with E-state index < -0.39 is 5.97 Å². The maximum Gasteiger partial charge on any atom is 0.307 e. The van der Waals surface area contributed by atoms with Crippen molar-refractivity contribution < 1.29 is 15.0 Å². The Morgan fingerprint density at radius 2 is 2.21 bits per heavy atom. The van der Waals surface area contributed by atoms with Crippen LogP contribution in [0.2, 0.25) is 0 Å². The zero-order chi connectivity index (χ0) is 10.4. The van der Waals surface area contributed by atoms with Crippen molar-refractivity contribution in [3.05, 3.63) is 35.4 Å². The molecular formula is C11H10O3. The Morgan fingerprint density at radius 1 is 1.43 bits per heavy atom. The number of benzene rings is 1. The molecule has 0 aliphatic carbocycles.